The van der Waals surface area contributed by atoms with Gasteiger partial charge in [-0.15, -0.1) is 0 Å². The maximum atomic E-state index is 11.9. The minimum Gasteiger partial charge on any atom is -0.497 e. The second-order valence-corrected chi connectivity index (χ2v) is 5.39. The highest BCUT2D eigenvalue weighted by Crippen LogP contribution is 2.16. The summed E-state index contributed by atoms with van der Waals surface area (Å²) in [6.45, 7) is 4.15. The minimum absolute atomic E-state index is 0.0887. The minimum atomic E-state index is -0.0887. The quantitative estimate of drug-likeness (QED) is 0.756. The van der Waals surface area contributed by atoms with E-state index in [1.165, 1.54) is 0 Å². The van der Waals surface area contributed by atoms with Crippen molar-refractivity contribution in [3.05, 3.63) is 57.5 Å². The predicted octanol–water partition coefficient (Wildman–Crippen LogP) is 2.49. The number of H-pyrrole nitrogens is 1. The summed E-state index contributed by atoms with van der Waals surface area (Å²) >= 11 is 5.25. The molecule has 0 bridgehead atoms. The first-order valence-corrected chi connectivity index (χ1v) is 7.28. The highest BCUT2D eigenvalue weighted by Gasteiger charge is 2.06. The number of ether oxygens (including phenoxy) is 1. The molecule has 0 radical (unpaired) electrons. The molecule has 0 fully saturated rings. The van der Waals surface area contributed by atoms with Crippen LogP contribution in [-0.2, 0) is 6.54 Å². The Morgan fingerprint density at radius 2 is 2.09 bits per heavy atom. The molecule has 5 nitrogen and oxygen atoms in total. The van der Waals surface area contributed by atoms with E-state index in [1.807, 2.05) is 44.2 Å². The van der Waals surface area contributed by atoms with Crippen LogP contribution in [-0.4, -0.2) is 17.2 Å². The Bertz CT molecular complexity index is 740. The number of methoxy groups -OCH3 is 1. The van der Waals surface area contributed by atoms with Crippen LogP contribution in [0.4, 0.5) is 5.69 Å². The molecule has 0 atom stereocenters. The van der Waals surface area contributed by atoms with Crippen LogP contribution in [0.25, 0.3) is 0 Å². The number of hydrogen-bond donors (Lipinski definition) is 3. The average Bonchev–Trinajstić information content (AvgIpc) is 2.46. The Balaban J connectivity index is 2.00. The van der Waals surface area contributed by atoms with E-state index in [-0.39, 0.29) is 5.56 Å². The first kappa shape index (κ1) is 16.0. The van der Waals surface area contributed by atoms with Gasteiger partial charge in [-0.25, -0.2) is 0 Å². The smallest absolute Gasteiger partial charge is 0.253 e. The van der Waals surface area contributed by atoms with Crippen LogP contribution >= 0.6 is 12.2 Å². The zero-order valence-corrected chi connectivity index (χ0v) is 13.6. The van der Waals surface area contributed by atoms with E-state index >= 15 is 0 Å². The molecule has 0 spiro atoms. The molecule has 3 N–H and O–H groups in total. The van der Waals surface area contributed by atoms with Gasteiger partial charge >= 0.3 is 0 Å². The normalized spacial score (nSPS) is 10.1. The highest BCUT2D eigenvalue weighted by atomic mass is 32.1. The molecular formula is C16H19N3O2S. The summed E-state index contributed by atoms with van der Waals surface area (Å²) in [5.74, 6) is 0.749. The molecule has 0 saturated heterocycles. The lowest BCUT2D eigenvalue weighted by Crippen LogP contribution is -2.31. The standard InChI is InChI=1S/C16H19N3O2S/c1-10-7-11(2)18-15(20)14(10)9-17-16(22)19-12-5-4-6-13(8-12)21-3/h4-8H,9H2,1-3H3,(H,18,20)(H2,17,19,22). The fourth-order valence-corrected chi connectivity index (χ4v) is 2.34. The van der Waals surface area contributed by atoms with E-state index in [0.717, 1.165) is 22.7 Å². The number of rotatable bonds is 4. The topological polar surface area (TPSA) is 66.2 Å². The van der Waals surface area contributed by atoms with Crippen molar-refractivity contribution in [3.8, 4) is 5.75 Å². The lowest BCUT2D eigenvalue weighted by Gasteiger charge is -2.12. The van der Waals surface area contributed by atoms with Crippen molar-refractivity contribution >= 4 is 23.0 Å². The van der Waals surface area contributed by atoms with Crippen molar-refractivity contribution in [1.29, 1.82) is 0 Å². The maximum Gasteiger partial charge on any atom is 0.253 e. The Morgan fingerprint density at radius 1 is 1.32 bits per heavy atom. The fourth-order valence-electron chi connectivity index (χ4n) is 2.15. The summed E-state index contributed by atoms with van der Waals surface area (Å²) in [5, 5.41) is 6.56. The van der Waals surface area contributed by atoms with Gasteiger partial charge in [0, 0.05) is 29.6 Å². The van der Waals surface area contributed by atoms with Crippen molar-refractivity contribution in [2.24, 2.45) is 0 Å². The van der Waals surface area contributed by atoms with Crippen molar-refractivity contribution in [3.63, 3.8) is 0 Å². The van der Waals surface area contributed by atoms with Crippen LogP contribution < -0.4 is 20.9 Å². The second-order valence-electron chi connectivity index (χ2n) is 4.98. The SMILES string of the molecule is COc1cccc(NC(=S)NCc2c(C)cc(C)[nH]c2=O)c1. The number of anilines is 1. The number of aryl methyl sites for hydroxylation is 2. The van der Waals surface area contributed by atoms with Gasteiger partial charge in [0.1, 0.15) is 5.75 Å². The van der Waals surface area contributed by atoms with Gasteiger partial charge in [-0.3, -0.25) is 4.79 Å². The summed E-state index contributed by atoms with van der Waals surface area (Å²) in [7, 11) is 1.61. The van der Waals surface area contributed by atoms with Gasteiger partial charge in [0.2, 0.25) is 0 Å². The molecule has 0 amide bonds. The number of aromatic amines is 1. The predicted molar refractivity (Wildman–Crippen MR) is 92.6 cm³/mol. The van der Waals surface area contributed by atoms with Crippen LogP contribution in [0.1, 0.15) is 16.8 Å². The van der Waals surface area contributed by atoms with Gasteiger partial charge in [-0.1, -0.05) is 6.07 Å². The van der Waals surface area contributed by atoms with E-state index in [9.17, 15) is 4.79 Å². The molecule has 0 saturated carbocycles. The molecule has 2 aromatic rings. The van der Waals surface area contributed by atoms with Crippen LogP contribution in [0.3, 0.4) is 0 Å². The number of benzene rings is 1. The molecule has 1 aromatic carbocycles. The van der Waals surface area contributed by atoms with Crippen molar-refractivity contribution in [2.45, 2.75) is 20.4 Å². The van der Waals surface area contributed by atoms with Gasteiger partial charge in [0.15, 0.2) is 5.11 Å². The van der Waals surface area contributed by atoms with Gasteiger partial charge in [-0.05, 0) is 49.8 Å². The molecule has 0 unspecified atom stereocenters. The average molecular weight is 317 g/mol. The summed E-state index contributed by atoms with van der Waals surface area (Å²) in [6.07, 6.45) is 0. The van der Waals surface area contributed by atoms with Crippen LogP contribution in [0.2, 0.25) is 0 Å². The summed E-state index contributed by atoms with van der Waals surface area (Å²) in [6, 6.07) is 9.41. The number of thiocarbonyl (C=S) groups is 1. The molecule has 116 valence electrons. The molecule has 22 heavy (non-hydrogen) atoms. The largest absolute Gasteiger partial charge is 0.497 e. The summed E-state index contributed by atoms with van der Waals surface area (Å²) in [4.78, 5) is 14.7. The second kappa shape index (κ2) is 7.09. The Morgan fingerprint density at radius 3 is 2.77 bits per heavy atom. The molecule has 2 rings (SSSR count). The van der Waals surface area contributed by atoms with E-state index < -0.39 is 0 Å². The molecule has 6 heteroatoms. The molecule has 1 aromatic heterocycles. The molecule has 0 aliphatic rings. The first-order valence-electron chi connectivity index (χ1n) is 6.88. The summed E-state index contributed by atoms with van der Waals surface area (Å²) < 4.78 is 5.16. The van der Waals surface area contributed by atoms with E-state index in [2.05, 4.69) is 15.6 Å². The zero-order chi connectivity index (χ0) is 16.1. The Hall–Kier alpha value is -2.34. The molecular weight excluding hydrogens is 298 g/mol. The lowest BCUT2D eigenvalue weighted by molar-refractivity contribution is 0.415. The fraction of sp³-hybridized carbons (Fsp3) is 0.250. The third-order valence-electron chi connectivity index (χ3n) is 3.25. The first-order chi connectivity index (χ1) is 10.5. The maximum absolute atomic E-state index is 11.9. The molecule has 0 aliphatic heterocycles. The number of aromatic nitrogens is 1. The third-order valence-corrected chi connectivity index (χ3v) is 3.49. The van der Waals surface area contributed by atoms with Crippen LogP contribution in [0.15, 0.2) is 35.1 Å². The van der Waals surface area contributed by atoms with Gasteiger partial charge < -0.3 is 20.4 Å². The van der Waals surface area contributed by atoms with Crippen molar-refractivity contribution < 1.29 is 4.74 Å². The lowest BCUT2D eigenvalue weighted by atomic mass is 10.1. The van der Waals surface area contributed by atoms with E-state index in [1.54, 1.807) is 7.11 Å². The highest BCUT2D eigenvalue weighted by molar-refractivity contribution is 7.80. The van der Waals surface area contributed by atoms with Gasteiger partial charge in [0.25, 0.3) is 5.56 Å². The van der Waals surface area contributed by atoms with E-state index in [0.29, 0.717) is 17.2 Å². The van der Waals surface area contributed by atoms with Gasteiger partial charge in [0.05, 0.1) is 7.11 Å². The molecule has 1 heterocycles. The van der Waals surface area contributed by atoms with Crippen molar-refractivity contribution in [2.75, 3.05) is 12.4 Å². The van der Waals surface area contributed by atoms with E-state index in [4.69, 9.17) is 17.0 Å². The zero-order valence-electron chi connectivity index (χ0n) is 12.8. The van der Waals surface area contributed by atoms with Crippen LogP contribution in [0, 0.1) is 13.8 Å². The monoisotopic (exact) mass is 317 g/mol. The third kappa shape index (κ3) is 4.08. The Kier molecular flexibility index (Phi) is 5.16. The van der Waals surface area contributed by atoms with Crippen molar-refractivity contribution in [1.82, 2.24) is 10.3 Å². The number of pyridine rings is 1. The summed E-state index contributed by atoms with van der Waals surface area (Å²) in [5.41, 5.74) is 3.21. The number of nitrogens with one attached hydrogen (secondary N) is 3. The van der Waals surface area contributed by atoms with Crippen LogP contribution in [0.5, 0.6) is 5.75 Å². The molecule has 0 aliphatic carbocycles. The van der Waals surface area contributed by atoms with Gasteiger partial charge in [-0.2, -0.15) is 0 Å². The number of hydrogen-bond acceptors (Lipinski definition) is 3. The Labute approximate surface area is 134 Å².